The quantitative estimate of drug-likeness (QED) is 0.869. The van der Waals surface area contributed by atoms with E-state index in [2.05, 4.69) is 5.32 Å². The third-order valence-corrected chi connectivity index (χ3v) is 4.66. The lowest BCUT2D eigenvalue weighted by Crippen LogP contribution is -2.34. The van der Waals surface area contributed by atoms with Gasteiger partial charge in [0.25, 0.3) is 5.91 Å². The molecule has 3 rings (SSSR count). The van der Waals surface area contributed by atoms with E-state index >= 15 is 0 Å². The molecular formula is C16H14N2O2S2. The van der Waals surface area contributed by atoms with Gasteiger partial charge in [-0.05, 0) is 36.4 Å². The van der Waals surface area contributed by atoms with Crippen LogP contribution in [0.2, 0.25) is 0 Å². The maximum absolute atomic E-state index is 12.6. The number of benzene rings is 2. The van der Waals surface area contributed by atoms with Crippen molar-refractivity contribution in [3.8, 4) is 5.75 Å². The van der Waals surface area contributed by atoms with Gasteiger partial charge in [0.15, 0.2) is 5.37 Å². The number of hydrogen-bond donors (Lipinski definition) is 1. The molecule has 1 heterocycles. The largest absolute Gasteiger partial charge is 0.497 e. The standard InChI is InChI=1S/C16H14N2O2S2/c1-20-13-9-7-11(8-10-13)17-14-15(19)18(16(21)22-14)12-5-3-2-4-6-12/h2-10,14,17H,1H3/t14-/m1/s1. The number of anilines is 2. The molecule has 22 heavy (non-hydrogen) atoms. The molecule has 6 heteroatoms. The van der Waals surface area contributed by atoms with Crippen LogP contribution in [0.25, 0.3) is 0 Å². The summed E-state index contributed by atoms with van der Waals surface area (Å²) in [5.41, 5.74) is 1.65. The van der Waals surface area contributed by atoms with Gasteiger partial charge in [-0.25, -0.2) is 0 Å². The van der Waals surface area contributed by atoms with Gasteiger partial charge < -0.3 is 10.1 Å². The Labute approximate surface area is 138 Å². The summed E-state index contributed by atoms with van der Waals surface area (Å²) in [7, 11) is 1.62. The van der Waals surface area contributed by atoms with Crippen molar-refractivity contribution in [3.05, 3.63) is 54.6 Å². The van der Waals surface area contributed by atoms with Crippen molar-refractivity contribution in [2.75, 3.05) is 17.3 Å². The number of thiocarbonyl (C=S) groups is 1. The zero-order valence-electron chi connectivity index (χ0n) is 11.9. The predicted octanol–water partition coefficient (Wildman–Crippen LogP) is 3.50. The van der Waals surface area contributed by atoms with Crippen LogP contribution in [0, 0.1) is 0 Å². The first kappa shape index (κ1) is 14.9. The summed E-state index contributed by atoms with van der Waals surface area (Å²) in [5, 5.41) is 2.79. The Morgan fingerprint density at radius 2 is 1.82 bits per heavy atom. The molecule has 1 fully saturated rings. The van der Waals surface area contributed by atoms with Crippen molar-refractivity contribution < 1.29 is 9.53 Å². The van der Waals surface area contributed by atoms with E-state index in [1.54, 1.807) is 12.0 Å². The Morgan fingerprint density at radius 1 is 1.14 bits per heavy atom. The van der Waals surface area contributed by atoms with E-state index in [0.29, 0.717) is 4.32 Å². The van der Waals surface area contributed by atoms with Gasteiger partial charge in [0, 0.05) is 5.69 Å². The maximum Gasteiger partial charge on any atom is 0.266 e. The molecule has 1 amide bonds. The second-order valence-corrected chi connectivity index (χ2v) is 6.38. The van der Waals surface area contributed by atoms with Gasteiger partial charge in [-0.1, -0.05) is 42.2 Å². The molecule has 4 nitrogen and oxygen atoms in total. The highest BCUT2D eigenvalue weighted by Gasteiger charge is 2.37. The van der Waals surface area contributed by atoms with Crippen molar-refractivity contribution >= 4 is 45.6 Å². The number of thioether (sulfide) groups is 1. The highest BCUT2D eigenvalue weighted by Crippen LogP contribution is 2.32. The Bertz CT molecular complexity index is 689. The lowest BCUT2D eigenvalue weighted by atomic mass is 10.3. The Morgan fingerprint density at radius 3 is 2.45 bits per heavy atom. The first-order valence-corrected chi connectivity index (χ1v) is 7.98. The lowest BCUT2D eigenvalue weighted by molar-refractivity contribution is -0.116. The fraction of sp³-hybridized carbons (Fsp3) is 0.125. The molecule has 112 valence electrons. The van der Waals surface area contributed by atoms with Crippen LogP contribution in [0.4, 0.5) is 11.4 Å². The molecule has 0 unspecified atom stereocenters. The summed E-state index contributed by atoms with van der Waals surface area (Å²) < 4.78 is 5.68. The van der Waals surface area contributed by atoms with E-state index in [9.17, 15) is 4.79 Å². The van der Waals surface area contributed by atoms with Gasteiger partial charge in [0.05, 0.1) is 12.8 Å². The van der Waals surface area contributed by atoms with Crippen LogP contribution < -0.4 is 15.0 Å². The number of carbonyl (C=O) groups excluding carboxylic acids is 1. The molecule has 1 saturated heterocycles. The molecule has 0 spiro atoms. The minimum Gasteiger partial charge on any atom is -0.497 e. The molecule has 1 atom stereocenters. The first-order valence-electron chi connectivity index (χ1n) is 6.69. The van der Waals surface area contributed by atoms with E-state index < -0.39 is 5.37 Å². The number of nitrogens with zero attached hydrogens (tertiary/aromatic N) is 1. The number of amides is 1. The second-order valence-electron chi connectivity index (χ2n) is 4.65. The zero-order valence-corrected chi connectivity index (χ0v) is 13.5. The normalized spacial score (nSPS) is 17.7. The smallest absolute Gasteiger partial charge is 0.266 e. The van der Waals surface area contributed by atoms with E-state index in [4.69, 9.17) is 17.0 Å². The third-order valence-electron chi connectivity index (χ3n) is 3.25. The average Bonchev–Trinajstić information content (AvgIpc) is 2.83. The van der Waals surface area contributed by atoms with Crippen molar-refractivity contribution in [1.29, 1.82) is 0 Å². The maximum atomic E-state index is 12.6. The first-order chi connectivity index (χ1) is 10.7. The molecule has 2 aromatic rings. The van der Waals surface area contributed by atoms with Crippen LogP contribution in [0.3, 0.4) is 0 Å². The SMILES string of the molecule is COc1ccc(N[C@@H]2SC(=S)N(c3ccccc3)C2=O)cc1. The van der Waals surface area contributed by atoms with Gasteiger partial charge in [-0.3, -0.25) is 9.69 Å². The molecule has 1 aliphatic heterocycles. The van der Waals surface area contributed by atoms with Crippen LogP contribution in [-0.2, 0) is 4.79 Å². The van der Waals surface area contributed by atoms with Crippen LogP contribution in [0.1, 0.15) is 0 Å². The number of rotatable bonds is 4. The highest BCUT2D eigenvalue weighted by atomic mass is 32.2. The minimum absolute atomic E-state index is 0.0583. The number of para-hydroxylation sites is 1. The summed E-state index contributed by atoms with van der Waals surface area (Å²) in [5.74, 6) is 0.717. The Hall–Kier alpha value is -2.05. The minimum atomic E-state index is -0.416. The van der Waals surface area contributed by atoms with Crippen LogP contribution in [-0.4, -0.2) is 22.7 Å². The van der Waals surface area contributed by atoms with Crippen molar-refractivity contribution in [2.24, 2.45) is 0 Å². The lowest BCUT2D eigenvalue weighted by Gasteiger charge is -2.16. The molecule has 0 bridgehead atoms. The predicted molar refractivity (Wildman–Crippen MR) is 94.5 cm³/mol. The van der Waals surface area contributed by atoms with Crippen LogP contribution in [0.15, 0.2) is 54.6 Å². The van der Waals surface area contributed by atoms with Gasteiger partial charge in [-0.15, -0.1) is 0 Å². The molecule has 2 aromatic carbocycles. The summed E-state index contributed by atoms with van der Waals surface area (Å²) in [6.45, 7) is 0. The van der Waals surface area contributed by atoms with Gasteiger partial charge in [0.1, 0.15) is 10.1 Å². The molecule has 0 radical (unpaired) electrons. The summed E-state index contributed by atoms with van der Waals surface area (Å²) >= 11 is 6.69. The van der Waals surface area contributed by atoms with Crippen LogP contribution >= 0.6 is 24.0 Å². The summed E-state index contributed by atoms with van der Waals surface area (Å²) in [6, 6.07) is 16.9. The van der Waals surface area contributed by atoms with E-state index in [1.807, 2.05) is 54.6 Å². The number of methoxy groups -OCH3 is 1. The Kier molecular flexibility index (Phi) is 4.31. The van der Waals surface area contributed by atoms with Crippen molar-refractivity contribution in [2.45, 2.75) is 5.37 Å². The number of hydrogen-bond acceptors (Lipinski definition) is 5. The number of ether oxygens (including phenoxy) is 1. The average molecular weight is 330 g/mol. The second kappa shape index (κ2) is 6.37. The molecule has 0 saturated carbocycles. The van der Waals surface area contributed by atoms with Crippen molar-refractivity contribution in [1.82, 2.24) is 0 Å². The number of nitrogens with one attached hydrogen (secondary N) is 1. The molecule has 0 aromatic heterocycles. The third kappa shape index (κ3) is 2.93. The van der Waals surface area contributed by atoms with E-state index in [0.717, 1.165) is 17.1 Å². The van der Waals surface area contributed by atoms with Crippen LogP contribution in [0.5, 0.6) is 5.75 Å². The van der Waals surface area contributed by atoms with Crippen molar-refractivity contribution in [3.63, 3.8) is 0 Å². The summed E-state index contributed by atoms with van der Waals surface area (Å²) in [6.07, 6.45) is 0. The Balaban J connectivity index is 1.76. The topological polar surface area (TPSA) is 41.6 Å². The fourth-order valence-corrected chi connectivity index (χ4v) is 3.54. The molecule has 1 aliphatic rings. The molecular weight excluding hydrogens is 316 g/mol. The fourth-order valence-electron chi connectivity index (χ4n) is 2.15. The molecule has 0 aliphatic carbocycles. The van der Waals surface area contributed by atoms with Gasteiger partial charge >= 0.3 is 0 Å². The monoisotopic (exact) mass is 330 g/mol. The van der Waals surface area contributed by atoms with Gasteiger partial charge in [0.2, 0.25) is 0 Å². The number of carbonyl (C=O) groups is 1. The molecule has 1 N–H and O–H groups in total. The van der Waals surface area contributed by atoms with E-state index in [-0.39, 0.29) is 5.91 Å². The zero-order chi connectivity index (χ0) is 15.5. The highest BCUT2D eigenvalue weighted by molar-refractivity contribution is 8.25. The van der Waals surface area contributed by atoms with E-state index in [1.165, 1.54) is 11.8 Å². The van der Waals surface area contributed by atoms with Gasteiger partial charge in [-0.2, -0.15) is 0 Å². The summed E-state index contributed by atoms with van der Waals surface area (Å²) in [4.78, 5) is 14.1.